The molecule has 0 aliphatic heterocycles. The minimum Gasteiger partial charge on any atom is -0.396 e. The molecule has 0 amide bonds. The normalized spacial score (nSPS) is 11.3. The van der Waals surface area contributed by atoms with E-state index in [-0.39, 0.29) is 10.6 Å². The summed E-state index contributed by atoms with van der Waals surface area (Å²) in [7, 11) is -3.81. The van der Waals surface area contributed by atoms with Crippen LogP contribution < -0.4 is 10.5 Å². The molecule has 0 heterocycles. The van der Waals surface area contributed by atoms with Gasteiger partial charge < -0.3 is 5.73 Å². The SMILES string of the molecule is Cc1c(Br)cccc1NS(=O)(=O)c1ccc(F)c(N)c1. The Bertz CT molecular complexity index is 763. The first-order valence-electron chi connectivity index (χ1n) is 5.64. The van der Waals surface area contributed by atoms with Gasteiger partial charge >= 0.3 is 0 Å². The van der Waals surface area contributed by atoms with Crippen molar-refractivity contribution in [2.45, 2.75) is 11.8 Å². The van der Waals surface area contributed by atoms with Gasteiger partial charge in [0, 0.05) is 4.47 Å². The molecule has 0 spiro atoms. The molecule has 0 unspecified atom stereocenters. The Labute approximate surface area is 125 Å². The van der Waals surface area contributed by atoms with Crippen molar-refractivity contribution in [3.63, 3.8) is 0 Å². The zero-order chi connectivity index (χ0) is 14.9. The summed E-state index contributed by atoms with van der Waals surface area (Å²) in [4.78, 5) is -0.0872. The Morgan fingerprint density at radius 2 is 1.95 bits per heavy atom. The number of nitrogens with one attached hydrogen (secondary N) is 1. The zero-order valence-electron chi connectivity index (χ0n) is 10.5. The standard InChI is InChI=1S/C13H12BrFN2O2S/c1-8-10(14)3-2-4-13(8)17-20(18,19)9-5-6-11(15)12(16)7-9/h2-7,17H,16H2,1H3. The van der Waals surface area contributed by atoms with Gasteiger partial charge in [0.05, 0.1) is 16.3 Å². The van der Waals surface area contributed by atoms with Gasteiger partial charge in [-0.05, 0) is 42.8 Å². The Morgan fingerprint density at radius 1 is 1.25 bits per heavy atom. The first-order valence-corrected chi connectivity index (χ1v) is 7.92. The third kappa shape index (κ3) is 2.94. The minimum atomic E-state index is -3.81. The van der Waals surface area contributed by atoms with Crippen molar-refractivity contribution in [2.75, 3.05) is 10.5 Å². The van der Waals surface area contributed by atoms with Crippen LogP contribution in [0.25, 0.3) is 0 Å². The number of anilines is 2. The predicted molar refractivity (Wildman–Crippen MR) is 80.5 cm³/mol. The molecule has 106 valence electrons. The lowest BCUT2D eigenvalue weighted by Gasteiger charge is -2.12. The molecule has 0 aliphatic carbocycles. The van der Waals surface area contributed by atoms with Crippen LogP contribution in [-0.4, -0.2) is 8.42 Å². The van der Waals surface area contributed by atoms with Crippen LogP contribution in [-0.2, 0) is 10.0 Å². The fraction of sp³-hybridized carbons (Fsp3) is 0.0769. The number of hydrogen-bond acceptors (Lipinski definition) is 3. The van der Waals surface area contributed by atoms with Gasteiger partial charge in [0.25, 0.3) is 10.0 Å². The van der Waals surface area contributed by atoms with E-state index in [9.17, 15) is 12.8 Å². The van der Waals surface area contributed by atoms with E-state index in [0.29, 0.717) is 5.69 Å². The molecule has 3 N–H and O–H groups in total. The molecule has 7 heteroatoms. The van der Waals surface area contributed by atoms with Crippen molar-refractivity contribution in [3.05, 3.63) is 52.3 Å². The summed E-state index contributed by atoms with van der Waals surface area (Å²) in [5.41, 5.74) is 6.38. The van der Waals surface area contributed by atoms with Crippen LogP contribution in [0.5, 0.6) is 0 Å². The van der Waals surface area contributed by atoms with E-state index >= 15 is 0 Å². The Balaban J connectivity index is 2.41. The van der Waals surface area contributed by atoms with Crippen LogP contribution in [0.1, 0.15) is 5.56 Å². The van der Waals surface area contributed by atoms with Crippen LogP contribution in [0, 0.1) is 12.7 Å². The molecule has 2 aromatic carbocycles. The second-order valence-electron chi connectivity index (χ2n) is 4.20. The second kappa shape index (κ2) is 5.41. The molecule has 0 saturated heterocycles. The molecule has 0 saturated carbocycles. The lowest BCUT2D eigenvalue weighted by molar-refractivity contribution is 0.600. The van der Waals surface area contributed by atoms with Crippen LogP contribution in [0.2, 0.25) is 0 Å². The topological polar surface area (TPSA) is 72.2 Å². The number of halogens is 2. The van der Waals surface area contributed by atoms with E-state index < -0.39 is 15.8 Å². The molecule has 0 aromatic heterocycles. The average molecular weight is 359 g/mol. The van der Waals surface area contributed by atoms with Crippen molar-refractivity contribution in [1.29, 1.82) is 0 Å². The van der Waals surface area contributed by atoms with Crippen LogP contribution >= 0.6 is 15.9 Å². The first-order chi connectivity index (χ1) is 9.31. The highest BCUT2D eigenvalue weighted by molar-refractivity contribution is 9.10. The average Bonchev–Trinajstić information content (AvgIpc) is 2.38. The lowest BCUT2D eigenvalue weighted by Crippen LogP contribution is -2.14. The summed E-state index contributed by atoms with van der Waals surface area (Å²) in [6.07, 6.45) is 0. The number of rotatable bonds is 3. The number of sulfonamides is 1. The molecule has 2 aromatic rings. The summed E-state index contributed by atoms with van der Waals surface area (Å²) in [6, 6.07) is 8.45. The molecule has 0 fully saturated rings. The van der Waals surface area contributed by atoms with Crippen molar-refractivity contribution >= 4 is 37.3 Å². The highest BCUT2D eigenvalue weighted by Gasteiger charge is 2.17. The van der Waals surface area contributed by atoms with Crippen LogP contribution in [0.3, 0.4) is 0 Å². The van der Waals surface area contributed by atoms with Gasteiger partial charge in [-0.2, -0.15) is 0 Å². The highest BCUT2D eigenvalue weighted by Crippen LogP contribution is 2.26. The van der Waals surface area contributed by atoms with E-state index in [1.165, 1.54) is 6.07 Å². The number of benzene rings is 2. The summed E-state index contributed by atoms with van der Waals surface area (Å²) in [6.45, 7) is 1.78. The summed E-state index contributed by atoms with van der Waals surface area (Å²) >= 11 is 3.33. The molecular formula is C13H12BrFN2O2S. The largest absolute Gasteiger partial charge is 0.396 e. The molecule has 0 aliphatic rings. The lowest BCUT2D eigenvalue weighted by atomic mass is 10.2. The fourth-order valence-corrected chi connectivity index (χ4v) is 3.13. The summed E-state index contributed by atoms with van der Waals surface area (Å²) < 4.78 is 40.8. The molecule has 0 atom stereocenters. The molecule has 0 bridgehead atoms. The fourth-order valence-electron chi connectivity index (χ4n) is 1.61. The van der Waals surface area contributed by atoms with E-state index in [1.807, 2.05) is 6.07 Å². The van der Waals surface area contributed by atoms with Gasteiger partial charge in [-0.3, -0.25) is 4.72 Å². The Hall–Kier alpha value is -1.60. The summed E-state index contributed by atoms with van der Waals surface area (Å²) in [5.74, 6) is -0.650. The summed E-state index contributed by atoms with van der Waals surface area (Å²) in [5, 5.41) is 0. The Kier molecular flexibility index (Phi) is 4.01. The van der Waals surface area contributed by atoms with Gasteiger partial charge in [-0.1, -0.05) is 22.0 Å². The molecular weight excluding hydrogens is 347 g/mol. The maximum atomic E-state index is 13.1. The zero-order valence-corrected chi connectivity index (χ0v) is 12.9. The second-order valence-corrected chi connectivity index (χ2v) is 6.74. The van der Waals surface area contributed by atoms with Gasteiger partial charge in [-0.25, -0.2) is 12.8 Å². The number of nitrogens with two attached hydrogens (primary N) is 1. The van der Waals surface area contributed by atoms with E-state index in [4.69, 9.17) is 5.73 Å². The molecule has 2 rings (SSSR count). The minimum absolute atomic E-state index is 0.0872. The monoisotopic (exact) mass is 358 g/mol. The van der Waals surface area contributed by atoms with Gasteiger partial charge in [0.1, 0.15) is 5.82 Å². The van der Waals surface area contributed by atoms with Crippen molar-refractivity contribution < 1.29 is 12.8 Å². The van der Waals surface area contributed by atoms with E-state index in [1.54, 1.807) is 19.1 Å². The van der Waals surface area contributed by atoms with Gasteiger partial charge in [0.2, 0.25) is 0 Å². The van der Waals surface area contributed by atoms with Gasteiger partial charge in [0.15, 0.2) is 0 Å². The third-order valence-electron chi connectivity index (χ3n) is 2.79. The van der Waals surface area contributed by atoms with Gasteiger partial charge in [-0.15, -0.1) is 0 Å². The van der Waals surface area contributed by atoms with Crippen molar-refractivity contribution in [3.8, 4) is 0 Å². The Morgan fingerprint density at radius 3 is 2.60 bits per heavy atom. The quantitative estimate of drug-likeness (QED) is 0.827. The first kappa shape index (κ1) is 14.8. The molecule has 20 heavy (non-hydrogen) atoms. The highest BCUT2D eigenvalue weighted by atomic mass is 79.9. The maximum Gasteiger partial charge on any atom is 0.261 e. The smallest absolute Gasteiger partial charge is 0.261 e. The molecule has 4 nitrogen and oxygen atoms in total. The predicted octanol–water partition coefficient (Wildman–Crippen LogP) is 3.28. The maximum absolute atomic E-state index is 13.1. The molecule has 0 radical (unpaired) electrons. The van der Waals surface area contributed by atoms with Crippen molar-refractivity contribution in [1.82, 2.24) is 0 Å². The third-order valence-corrected chi connectivity index (χ3v) is 5.01. The van der Waals surface area contributed by atoms with Crippen LogP contribution in [0.4, 0.5) is 15.8 Å². The van der Waals surface area contributed by atoms with Crippen LogP contribution in [0.15, 0.2) is 45.8 Å². The van der Waals surface area contributed by atoms with E-state index in [2.05, 4.69) is 20.7 Å². The van der Waals surface area contributed by atoms with Crippen molar-refractivity contribution in [2.24, 2.45) is 0 Å². The van der Waals surface area contributed by atoms with E-state index in [0.717, 1.165) is 22.2 Å². The number of hydrogen-bond donors (Lipinski definition) is 2. The number of nitrogen functional groups attached to an aromatic ring is 1.